The van der Waals surface area contributed by atoms with Crippen molar-refractivity contribution >= 4 is 34.2 Å². The number of halogens is 7. The second-order valence-electron chi connectivity index (χ2n) is 8.45. The van der Waals surface area contributed by atoms with Crippen LogP contribution in [0, 0.1) is 6.92 Å². The molecule has 0 saturated heterocycles. The summed E-state index contributed by atoms with van der Waals surface area (Å²) >= 11 is 0.885. The zero-order chi connectivity index (χ0) is 27.0. The maximum absolute atomic E-state index is 14.5. The number of nitrogens with zero attached hydrogens (tertiary/aromatic N) is 1. The van der Waals surface area contributed by atoms with E-state index in [9.17, 15) is 40.3 Å². The number of carbonyl (C=O) groups is 2. The van der Waals surface area contributed by atoms with E-state index in [4.69, 9.17) is 4.74 Å². The fraction of sp³-hybridized carbons (Fsp3) is 0.476. The van der Waals surface area contributed by atoms with Gasteiger partial charge in [0, 0.05) is 16.6 Å². The second kappa shape index (κ2) is 9.63. The van der Waals surface area contributed by atoms with E-state index >= 15 is 0 Å². The summed E-state index contributed by atoms with van der Waals surface area (Å²) < 4.78 is 98.5. The molecule has 1 heterocycles. The molecular formula is C21H22F7N3O3S. The van der Waals surface area contributed by atoms with E-state index in [0.29, 0.717) is 12.1 Å². The maximum Gasteiger partial charge on any atom is 0.435 e. The van der Waals surface area contributed by atoms with Crippen molar-refractivity contribution < 1.29 is 45.1 Å². The maximum atomic E-state index is 14.5. The number of carbonyl (C=O) groups excluding carboxylic acids is 2. The van der Waals surface area contributed by atoms with E-state index in [2.05, 4.69) is 15.6 Å². The topological polar surface area (TPSA) is 80.3 Å². The highest BCUT2D eigenvalue weighted by Gasteiger charge is 2.73. The predicted octanol–water partition coefficient (Wildman–Crippen LogP) is 6.90. The first-order valence-electron chi connectivity index (χ1n) is 10.0. The number of aromatic nitrogens is 1. The minimum atomic E-state index is -6.26. The third kappa shape index (κ3) is 6.21. The van der Waals surface area contributed by atoms with Gasteiger partial charge in [-0.15, -0.1) is 11.3 Å². The Bertz CT molecular complexity index is 1090. The predicted molar refractivity (Wildman–Crippen MR) is 115 cm³/mol. The van der Waals surface area contributed by atoms with Crippen LogP contribution in [0.5, 0.6) is 0 Å². The van der Waals surface area contributed by atoms with Crippen LogP contribution < -0.4 is 10.6 Å². The first kappa shape index (κ1) is 28.3. The Kier molecular flexibility index (Phi) is 7.79. The summed E-state index contributed by atoms with van der Waals surface area (Å²) in [4.78, 5) is 28.4. The van der Waals surface area contributed by atoms with Crippen molar-refractivity contribution in [2.24, 2.45) is 0 Å². The average molecular weight is 529 g/mol. The van der Waals surface area contributed by atoms with Crippen LogP contribution in [0.25, 0.3) is 0 Å². The normalized spacial score (nSPS) is 12.9. The molecule has 14 heteroatoms. The van der Waals surface area contributed by atoms with Crippen molar-refractivity contribution in [1.29, 1.82) is 0 Å². The van der Waals surface area contributed by atoms with Crippen molar-refractivity contribution in [2.45, 2.75) is 64.7 Å². The fourth-order valence-corrected chi connectivity index (χ4v) is 3.69. The number of anilines is 2. The van der Waals surface area contributed by atoms with Crippen molar-refractivity contribution in [3.8, 4) is 0 Å². The lowest BCUT2D eigenvalue weighted by Gasteiger charge is -2.31. The van der Waals surface area contributed by atoms with E-state index in [1.165, 1.54) is 12.3 Å². The molecule has 2 aromatic rings. The van der Waals surface area contributed by atoms with Gasteiger partial charge in [0.25, 0.3) is 5.91 Å². The van der Waals surface area contributed by atoms with Gasteiger partial charge in [-0.1, -0.05) is 13.0 Å². The smallest absolute Gasteiger partial charge is 0.435 e. The number of aryl methyl sites for hydroxylation is 2. The molecule has 0 spiro atoms. The molecule has 0 aliphatic heterocycles. The average Bonchev–Trinajstić information content (AvgIpc) is 3.13. The van der Waals surface area contributed by atoms with Gasteiger partial charge >= 0.3 is 24.1 Å². The molecular weight excluding hydrogens is 507 g/mol. The third-order valence-corrected chi connectivity index (χ3v) is 5.32. The molecule has 0 unspecified atom stereocenters. The van der Waals surface area contributed by atoms with E-state index in [0.717, 1.165) is 18.3 Å². The summed E-state index contributed by atoms with van der Waals surface area (Å²) in [5.74, 6) is -0.845. The molecule has 0 atom stereocenters. The zero-order valence-corrected chi connectivity index (χ0v) is 20.0. The SMILES string of the molecule is CCc1cc(C(F)(C(F)(F)F)C(F)(F)F)cc(C)c1NC(=O)c1csc(NC(=O)OC(C)(C)C)n1. The number of rotatable bonds is 5. The summed E-state index contributed by atoms with van der Waals surface area (Å²) in [6.45, 7) is 7.48. The molecule has 1 aromatic heterocycles. The van der Waals surface area contributed by atoms with Crippen LogP contribution in [0.4, 0.5) is 46.3 Å². The van der Waals surface area contributed by atoms with E-state index in [1.54, 1.807) is 20.8 Å². The molecule has 0 aliphatic carbocycles. The molecule has 35 heavy (non-hydrogen) atoms. The highest BCUT2D eigenvalue weighted by Crippen LogP contribution is 2.53. The zero-order valence-electron chi connectivity index (χ0n) is 19.2. The first-order chi connectivity index (χ1) is 15.8. The molecule has 1 aromatic carbocycles. The van der Waals surface area contributed by atoms with Gasteiger partial charge in [-0.3, -0.25) is 10.1 Å². The largest absolute Gasteiger partial charge is 0.444 e. The van der Waals surface area contributed by atoms with Crippen molar-refractivity contribution in [3.63, 3.8) is 0 Å². The molecule has 6 nitrogen and oxygen atoms in total. The minimum Gasteiger partial charge on any atom is -0.444 e. The molecule has 2 amide bonds. The van der Waals surface area contributed by atoms with Crippen molar-refractivity contribution in [1.82, 2.24) is 4.98 Å². The van der Waals surface area contributed by atoms with Crippen molar-refractivity contribution in [2.75, 3.05) is 10.6 Å². The van der Waals surface area contributed by atoms with Crippen LogP contribution >= 0.6 is 11.3 Å². The van der Waals surface area contributed by atoms with Gasteiger partial charge in [0.1, 0.15) is 11.3 Å². The molecule has 0 fully saturated rings. The van der Waals surface area contributed by atoms with Gasteiger partial charge in [-0.2, -0.15) is 26.3 Å². The number of nitrogens with one attached hydrogen (secondary N) is 2. The molecule has 0 radical (unpaired) electrons. The summed E-state index contributed by atoms with van der Waals surface area (Å²) in [6, 6.07) is 0.826. The highest BCUT2D eigenvalue weighted by atomic mass is 32.1. The van der Waals surface area contributed by atoms with E-state index in [-0.39, 0.29) is 34.1 Å². The Labute approximate surface area is 199 Å². The number of hydrogen-bond donors (Lipinski definition) is 2. The fourth-order valence-electron chi connectivity index (χ4n) is 3.01. The minimum absolute atomic E-state index is 0.0183. The summed E-state index contributed by atoms with van der Waals surface area (Å²) in [7, 11) is 0. The first-order valence-corrected chi connectivity index (χ1v) is 10.9. The lowest BCUT2D eigenvalue weighted by molar-refractivity contribution is -0.348. The number of benzene rings is 1. The number of hydrogen-bond acceptors (Lipinski definition) is 5. The Morgan fingerprint density at radius 1 is 1.00 bits per heavy atom. The monoisotopic (exact) mass is 529 g/mol. The van der Waals surface area contributed by atoms with Gasteiger partial charge in [-0.25, -0.2) is 14.2 Å². The number of alkyl halides is 7. The van der Waals surface area contributed by atoms with Crippen LogP contribution in [-0.2, 0) is 16.8 Å². The Balaban J connectivity index is 2.35. The Morgan fingerprint density at radius 2 is 1.57 bits per heavy atom. The highest BCUT2D eigenvalue weighted by molar-refractivity contribution is 7.14. The molecule has 2 N–H and O–H groups in total. The van der Waals surface area contributed by atoms with Crippen LogP contribution in [0.2, 0.25) is 0 Å². The lowest BCUT2D eigenvalue weighted by Crippen LogP contribution is -2.50. The summed E-state index contributed by atoms with van der Waals surface area (Å²) in [6.07, 6.45) is -13.4. The van der Waals surface area contributed by atoms with Crippen LogP contribution in [0.15, 0.2) is 17.5 Å². The van der Waals surface area contributed by atoms with Crippen LogP contribution in [0.3, 0.4) is 0 Å². The molecule has 0 aliphatic rings. The van der Waals surface area contributed by atoms with Gasteiger partial charge in [0.15, 0.2) is 5.13 Å². The number of thiazole rings is 1. The summed E-state index contributed by atoms with van der Waals surface area (Å²) in [5.41, 5.74) is -8.63. The van der Waals surface area contributed by atoms with Crippen molar-refractivity contribution in [3.05, 3.63) is 39.9 Å². The third-order valence-electron chi connectivity index (χ3n) is 4.56. The number of ether oxygens (including phenoxy) is 1. The Morgan fingerprint density at radius 3 is 2.06 bits per heavy atom. The molecule has 0 saturated carbocycles. The van der Waals surface area contributed by atoms with E-state index in [1.807, 2.05) is 0 Å². The molecule has 0 bridgehead atoms. The summed E-state index contributed by atoms with van der Waals surface area (Å²) in [5, 5.41) is 6.01. The molecule has 194 valence electrons. The standard InChI is InChI=1S/C21H22F7N3O3S/c1-6-11-8-12(19(22,20(23,24)25)21(26,27)28)7-10(2)14(11)30-15(32)13-9-35-16(29-13)31-17(33)34-18(3,4)5/h7-9H,6H2,1-5H3,(H,30,32)(H,29,31,33). The van der Waals surface area contributed by atoms with Gasteiger partial charge in [0.05, 0.1) is 0 Å². The second-order valence-corrected chi connectivity index (χ2v) is 9.31. The lowest BCUT2D eigenvalue weighted by atomic mass is 9.89. The van der Waals surface area contributed by atoms with Gasteiger partial charge < -0.3 is 10.1 Å². The molecule has 2 rings (SSSR count). The quantitative estimate of drug-likeness (QED) is 0.413. The Hall–Kier alpha value is -2.90. The van der Waals surface area contributed by atoms with Crippen LogP contribution in [0.1, 0.15) is 54.9 Å². The van der Waals surface area contributed by atoms with Gasteiger partial charge in [0.2, 0.25) is 0 Å². The van der Waals surface area contributed by atoms with Gasteiger partial charge in [-0.05, 0) is 51.3 Å². The van der Waals surface area contributed by atoms with E-state index < -0.39 is 41.2 Å². The number of amides is 2. The van der Waals surface area contributed by atoms with Crippen LogP contribution in [-0.4, -0.2) is 34.9 Å².